The maximum Gasteiger partial charge on any atom is 0.254 e. The number of rotatable bonds is 4. The number of piperidine rings is 1. The van der Waals surface area contributed by atoms with Crippen molar-refractivity contribution in [3.8, 4) is 21.8 Å². The van der Waals surface area contributed by atoms with E-state index in [1.807, 2.05) is 34.7 Å². The average Bonchev–Trinajstić information content (AvgIpc) is 3.48. The van der Waals surface area contributed by atoms with Crippen molar-refractivity contribution in [1.82, 2.24) is 24.5 Å². The highest BCUT2D eigenvalue weighted by atomic mass is 35.5. The van der Waals surface area contributed by atoms with Crippen molar-refractivity contribution in [3.63, 3.8) is 0 Å². The van der Waals surface area contributed by atoms with E-state index in [0.717, 1.165) is 35.4 Å². The lowest BCUT2D eigenvalue weighted by molar-refractivity contribution is 0.0623. The van der Waals surface area contributed by atoms with E-state index in [1.54, 1.807) is 34.2 Å². The molecule has 2 N–H and O–H groups in total. The van der Waals surface area contributed by atoms with Crippen LogP contribution in [0.5, 0.6) is 0 Å². The van der Waals surface area contributed by atoms with Gasteiger partial charge in [0, 0.05) is 30.9 Å². The summed E-state index contributed by atoms with van der Waals surface area (Å²) >= 11 is 7.96. The molecular weight excluding hydrogens is 432 g/mol. The third-order valence-electron chi connectivity index (χ3n) is 5.62. The lowest BCUT2D eigenvalue weighted by Crippen LogP contribution is -2.47. The Morgan fingerprint density at radius 3 is 2.94 bits per heavy atom. The predicted octanol–water partition coefficient (Wildman–Crippen LogP) is 4.13. The first-order chi connectivity index (χ1) is 15.1. The fraction of sp³-hybridized carbons (Fsp3) is 0.273. The Kier molecular flexibility index (Phi) is 5.43. The molecule has 0 radical (unpaired) electrons. The molecule has 7 nitrogen and oxygen atoms in total. The highest BCUT2D eigenvalue weighted by Crippen LogP contribution is 2.29. The van der Waals surface area contributed by atoms with Gasteiger partial charge in [-0.1, -0.05) is 17.7 Å². The van der Waals surface area contributed by atoms with Gasteiger partial charge in [0.05, 0.1) is 28.0 Å². The molecule has 0 aliphatic carbocycles. The first kappa shape index (κ1) is 20.1. The van der Waals surface area contributed by atoms with Crippen molar-refractivity contribution >= 4 is 34.5 Å². The Morgan fingerprint density at radius 2 is 2.13 bits per heavy atom. The van der Waals surface area contributed by atoms with Crippen LogP contribution in [0.4, 0.5) is 0 Å². The van der Waals surface area contributed by atoms with Crippen molar-refractivity contribution < 1.29 is 4.79 Å². The molecule has 5 rings (SSSR count). The maximum absolute atomic E-state index is 13.3. The van der Waals surface area contributed by atoms with Crippen molar-refractivity contribution in [2.45, 2.75) is 25.3 Å². The number of fused-ring (bicyclic) bond motifs is 1. The summed E-state index contributed by atoms with van der Waals surface area (Å²) in [7, 11) is 0. The van der Waals surface area contributed by atoms with E-state index in [0.29, 0.717) is 30.0 Å². The minimum Gasteiger partial charge on any atom is -0.334 e. The van der Waals surface area contributed by atoms with Crippen LogP contribution in [0.25, 0.3) is 27.5 Å². The van der Waals surface area contributed by atoms with Crippen LogP contribution in [0.1, 0.15) is 29.6 Å². The van der Waals surface area contributed by atoms with Crippen LogP contribution >= 0.6 is 22.9 Å². The number of aromatic nitrogens is 4. The van der Waals surface area contributed by atoms with Crippen LogP contribution in [0, 0.1) is 0 Å². The molecule has 5 heterocycles. The third kappa shape index (κ3) is 3.82. The van der Waals surface area contributed by atoms with E-state index in [2.05, 4.69) is 10.1 Å². The van der Waals surface area contributed by atoms with Gasteiger partial charge in [-0.05, 0) is 48.9 Å². The minimum atomic E-state index is -0.0654. The Labute approximate surface area is 188 Å². The molecule has 9 heteroatoms. The number of hydrogen-bond donors (Lipinski definition) is 1. The smallest absolute Gasteiger partial charge is 0.254 e. The number of likely N-dealkylation sites (tertiary alicyclic amines) is 1. The molecule has 158 valence electrons. The molecule has 31 heavy (non-hydrogen) atoms. The lowest BCUT2D eigenvalue weighted by Gasteiger charge is -2.35. The summed E-state index contributed by atoms with van der Waals surface area (Å²) < 4.78 is 1.70. The van der Waals surface area contributed by atoms with E-state index in [4.69, 9.17) is 22.3 Å². The molecule has 1 saturated heterocycles. The van der Waals surface area contributed by atoms with Gasteiger partial charge in [0.25, 0.3) is 5.91 Å². The molecule has 0 spiro atoms. The summed E-state index contributed by atoms with van der Waals surface area (Å²) in [5, 5.41) is 6.68. The van der Waals surface area contributed by atoms with Crippen LogP contribution in [-0.2, 0) is 0 Å². The van der Waals surface area contributed by atoms with Gasteiger partial charge in [-0.15, -0.1) is 11.3 Å². The second-order valence-electron chi connectivity index (χ2n) is 7.56. The van der Waals surface area contributed by atoms with Crippen molar-refractivity contribution in [1.29, 1.82) is 0 Å². The van der Waals surface area contributed by atoms with Crippen molar-refractivity contribution in [2.75, 3.05) is 13.1 Å². The second-order valence-corrected chi connectivity index (χ2v) is 8.90. The topological polar surface area (TPSA) is 89.4 Å². The summed E-state index contributed by atoms with van der Waals surface area (Å²) in [5.41, 5.74) is 9.24. The maximum atomic E-state index is 13.3. The number of carbonyl (C=O) groups is 1. The van der Waals surface area contributed by atoms with Crippen LogP contribution < -0.4 is 5.73 Å². The average molecular weight is 453 g/mol. The van der Waals surface area contributed by atoms with Crippen LogP contribution in [0.3, 0.4) is 0 Å². The standard InChI is InChI=1S/C22H21ClN6OS/c23-20-11-14(22(30)28-7-2-1-4-15(28)12-24)10-18(26-20)16-13-25-29-8-6-17(27-21(16)29)19-5-3-9-31-19/h3,5-6,8-11,13,15H,1-2,4,7,12,24H2/t15-/m1/s1. The zero-order valence-electron chi connectivity index (χ0n) is 16.7. The third-order valence-corrected chi connectivity index (χ3v) is 6.71. The normalized spacial score (nSPS) is 16.7. The van der Waals surface area contributed by atoms with Crippen molar-refractivity contribution in [3.05, 3.63) is 58.8 Å². The van der Waals surface area contributed by atoms with E-state index >= 15 is 0 Å². The monoisotopic (exact) mass is 452 g/mol. The van der Waals surface area contributed by atoms with Gasteiger partial charge < -0.3 is 10.6 Å². The molecule has 4 aromatic rings. The lowest BCUT2D eigenvalue weighted by atomic mass is 10.0. The molecule has 4 aromatic heterocycles. The van der Waals surface area contributed by atoms with Crippen molar-refractivity contribution in [2.24, 2.45) is 5.73 Å². The highest BCUT2D eigenvalue weighted by molar-refractivity contribution is 7.13. The molecule has 1 atom stereocenters. The molecular formula is C22H21ClN6OS. The number of amides is 1. The number of nitrogens with zero attached hydrogens (tertiary/aromatic N) is 5. The van der Waals surface area contributed by atoms with Crippen LogP contribution in [0.15, 0.2) is 48.1 Å². The Bertz CT molecular complexity index is 1240. The van der Waals surface area contributed by atoms with Crippen LogP contribution in [0.2, 0.25) is 5.15 Å². The Morgan fingerprint density at radius 1 is 1.23 bits per heavy atom. The minimum absolute atomic E-state index is 0.0589. The van der Waals surface area contributed by atoms with Gasteiger partial charge in [0.1, 0.15) is 5.15 Å². The largest absolute Gasteiger partial charge is 0.334 e. The number of nitrogens with two attached hydrogens (primary N) is 1. The summed E-state index contributed by atoms with van der Waals surface area (Å²) in [5.74, 6) is -0.0654. The SMILES string of the molecule is NC[C@H]1CCCCN1C(=O)c1cc(Cl)nc(-c2cnn3ccc(-c4cccs4)nc23)c1. The summed E-state index contributed by atoms with van der Waals surface area (Å²) in [6.45, 7) is 1.17. The number of thiophene rings is 1. The summed E-state index contributed by atoms with van der Waals surface area (Å²) in [6, 6.07) is 9.40. The van der Waals surface area contributed by atoms with E-state index in [9.17, 15) is 4.79 Å². The zero-order chi connectivity index (χ0) is 21.4. The molecule has 0 aromatic carbocycles. The Balaban J connectivity index is 1.55. The van der Waals surface area contributed by atoms with E-state index in [1.165, 1.54) is 0 Å². The molecule has 1 amide bonds. The summed E-state index contributed by atoms with van der Waals surface area (Å²) in [4.78, 5) is 25.5. The van der Waals surface area contributed by atoms with Gasteiger partial charge in [0.2, 0.25) is 0 Å². The number of carbonyl (C=O) groups excluding carboxylic acids is 1. The molecule has 1 aliphatic heterocycles. The second kappa shape index (κ2) is 8.37. The van der Waals surface area contributed by atoms with Crippen LogP contribution in [-0.4, -0.2) is 49.5 Å². The first-order valence-electron chi connectivity index (χ1n) is 10.2. The predicted molar refractivity (Wildman–Crippen MR) is 122 cm³/mol. The number of pyridine rings is 1. The van der Waals surface area contributed by atoms with Gasteiger partial charge in [-0.2, -0.15) is 5.10 Å². The fourth-order valence-electron chi connectivity index (χ4n) is 4.05. The first-order valence-corrected chi connectivity index (χ1v) is 11.5. The quantitative estimate of drug-likeness (QED) is 0.470. The molecule has 0 bridgehead atoms. The molecule has 0 saturated carbocycles. The highest BCUT2D eigenvalue weighted by Gasteiger charge is 2.27. The molecule has 1 fully saturated rings. The van der Waals surface area contributed by atoms with Gasteiger partial charge in [-0.25, -0.2) is 14.5 Å². The fourth-order valence-corrected chi connectivity index (χ4v) is 4.95. The number of hydrogen-bond acceptors (Lipinski definition) is 6. The van der Waals surface area contributed by atoms with Gasteiger partial charge in [0.15, 0.2) is 5.65 Å². The van der Waals surface area contributed by atoms with Gasteiger partial charge in [-0.3, -0.25) is 4.79 Å². The number of halogens is 1. The Hall–Kier alpha value is -2.81. The molecule has 0 unspecified atom stereocenters. The van der Waals surface area contributed by atoms with Gasteiger partial charge >= 0.3 is 0 Å². The zero-order valence-corrected chi connectivity index (χ0v) is 18.3. The van der Waals surface area contributed by atoms with E-state index < -0.39 is 0 Å². The summed E-state index contributed by atoms with van der Waals surface area (Å²) in [6.07, 6.45) is 6.58. The van der Waals surface area contributed by atoms with E-state index in [-0.39, 0.29) is 17.1 Å². The molecule has 1 aliphatic rings.